The second kappa shape index (κ2) is 11.8. The molecule has 2 N–H and O–H groups in total. The van der Waals surface area contributed by atoms with Gasteiger partial charge in [-0.15, -0.1) is 24.0 Å². The predicted octanol–water partition coefficient (Wildman–Crippen LogP) is 0.479. The van der Waals surface area contributed by atoms with Crippen LogP contribution in [0.4, 0.5) is 0 Å². The fraction of sp³-hybridized carbons (Fsp3) is 0.842. The Labute approximate surface area is 185 Å². The molecule has 0 unspecified atom stereocenters. The van der Waals surface area contributed by atoms with Gasteiger partial charge in [0, 0.05) is 65.3 Å². The number of aliphatic imine (C=N–C) groups is 1. The number of rotatable bonds is 7. The van der Waals surface area contributed by atoms with Crippen molar-refractivity contribution >= 4 is 41.8 Å². The highest BCUT2D eigenvalue weighted by Gasteiger charge is 2.25. The molecule has 2 heterocycles. The van der Waals surface area contributed by atoms with E-state index >= 15 is 0 Å². The highest BCUT2D eigenvalue weighted by Crippen LogP contribution is 2.18. The number of guanidine groups is 1. The van der Waals surface area contributed by atoms with Crippen molar-refractivity contribution in [2.24, 2.45) is 4.99 Å². The predicted molar refractivity (Wildman–Crippen MR) is 121 cm³/mol. The molecule has 2 saturated heterocycles. The summed E-state index contributed by atoms with van der Waals surface area (Å²) in [6.07, 6.45) is 5.92. The average Bonchev–Trinajstić information content (AvgIpc) is 3.31. The third-order valence-corrected chi connectivity index (χ3v) is 5.51. The molecule has 160 valence electrons. The fourth-order valence-electron chi connectivity index (χ4n) is 3.68. The van der Waals surface area contributed by atoms with Crippen molar-refractivity contribution in [3.63, 3.8) is 0 Å². The Balaban J connectivity index is 0.00000280. The minimum atomic E-state index is 0. The molecular formula is C19H35IN6O2. The van der Waals surface area contributed by atoms with E-state index in [2.05, 4.69) is 25.4 Å². The minimum Gasteiger partial charge on any atom is -0.356 e. The Bertz CT molecular complexity index is 541. The Hall–Kier alpha value is -1.10. The highest BCUT2D eigenvalue weighted by atomic mass is 127. The minimum absolute atomic E-state index is 0. The fourth-order valence-corrected chi connectivity index (χ4v) is 3.68. The molecule has 2 amide bonds. The van der Waals surface area contributed by atoms with Crippen LogP contribution in [0, 0.1) is 0 Å². The van der Waals surface area contributed by atoms with E-state index in [4.69, 9.17) is 0 Å². The molecule has 0 bridgehead atoms. The summed E-state index contributed by atoms with van der Waals surface area (Å²) in [6, 6.07) is 0.437. The van der Waals surface area contributed by atoms with Crippen molar-refractivity contribution < 1.29 is 9.59 Å². The van der Waals surface area contributed by atoms with Gasteiger partial charge in [-0.25, -0.2) is 0 Å². The Morgan fingerprint density at radius 3 is 2.29 bits per heavy atom. The summed E-state index contributed by atoms with van der Waals surface area (Å²) >= 11 is 0. The Kier molecular flexibility index (Phi) is 9.76. The number of hydrogen-bond donors (Lipinski definition) is 2. The van der Waals surface area contributed by atoms with Crippen LogP contribution >= 0.6 is 24.0 Å². The summed E-state index contributed by atoms with van der Waals surface area (Å²) in [5, 5.41) is 6.38. The van der Waals surface area contributed by atoms with Crippen molar-refractivity contribution in [1.29, 1.82) is 0 Å². The Morgan fingerprint density at radius 2 is 1.68 bits per heavy atom. The molecule has 3 rings (SSSR count). The van der Waals surface area contributed by atoms with E-state index in [-0.39, 0.29) is 35.8 Å². The summed E-state index contributed by atoms with van der Waals surface area (Å²) in [6.45, 7) is 6.63. The number of carbonyl (C=O) groups is 2. The lowest BCUT2D eigenvalue weighted by atomic mass is 10.3. The molecule has 0 aromatic heterocycles. The van der Waals surface area contributed by atoms with E-state index in [0.717, 1.165) is 83.9 Å². The number of halogens is 1. The number of nitrogens with zero attached hydrogens (tertiary/aromatic N) is 4. The van der Waals surface area contributed by atoms with Gasteiger partial charge in [0.25, 0.3) is 0 Å². The van der Waals surface area contributed by atoms with Gasteiger partial charge in [0.05, 0.1) is 6.54 Å². The molecule has 2 aliphatic heterocycles. The van der Waals surface area contributed by atoms with Crippen molar-refractivity contribution in [3.05, 3.63) is 0 Å². The van der Waals surface area contributed by atoms with Crippen LogP contribution in [0.5, 0.6) is 0 Å². The molecule has 0 atom stereocenters. The summed E-state index contributed by atoms with van der Waals surface area (Å²) in [4.78, 5) is 34.8. The van der Waals surface area contributed by atoms with Crippen molar-refractivity contribution in [1.82, 2.24) is 25.3 Å². The second-order valence-electron chi connectivity index (χ2n) is 7.77. The number of carbonyl (C=O) groups excluding carboxylic acids is 2. The molecule has 0 aromatic carbocycles. The van der Waals surface area contributed by atoms with Crippen LogP contribution in [0.15, 0.2) is 4.99 Å². The summed E-state index contributed by atoms with van der Waals surface area (Å²) in [5.74, 6) is 1.32. The monoisotopic (exact) mass is 506 g/mol. The highest BCUT2D eigenvalue weighted by molar-refractivity contribution is 14.0. The average molecular weight is 506 g/mol. The van der Waals surface area contributed by atoms with Crippen LogP contribution < -0.4 is 10.6 Å². The smallest absolute Gasteiger partial charge is 0.236 e. The van der Waals surface area contributed by atoms with Gasteiger partial charge in [0.15, 0.2) is 5.96 Å². The largest absolute Gasteiger partial charge is 0.356 e. The first kappa shape index (κ1) is 23.2. The van der Waals surface area contributed by atoms with Crippen molar-refractivity contribution in [3.8, 4) is 0 Å². The van der Waals surface area contributed by atoms with Gasteiger partial charge in [-0.2, -0.15) is 0 Å². The topological polar surface area (TPSA) is 80.3 Å². The van der Waals surface area contributed by atoms with Crippen LogP contribution in [0.2, 0.25) is 0 Å². The van der Waals surface area contributed by atoms with Gasteiger partial charge in [0.2, 0.25) is 11.8 Å². The van der Waals surface area contributed by atoms with Gasteiger partial charge in [-0.05, 0) is 32.1 Å². The molecule has 3 fully saturated rings. The van der Waals surface area contributed by atoms with Gasteiger partial charge in [-0.1, -0.05) is 0 Å². The first-order valence-electron chi connectivity index (χ1n) is 10.4. The second-order valence-corrected chi connectivity index (χ2v) is 7.77. The van der Waals surface area contributed by atoms with Gasteiger partial charge in [-0.3, -0.25) is 19.5 Å². The van der Waals surface area contributed by atoms with Crippen LogP contribution in [0.3, 0.4) is 0 Å². The lowest BCUT2D eigenvalue weighted by molar-refractivity contribution is -0.131. The van der Waals surface area contributed by atoms with E-state index in [0.29, 0.717) is 19.0 Å². The van der Waals surface area contributed by atoms with Gasteiger partial charge < -0.3 is 20.4 Å². The number of piperazine rings is 1. The normalized spacial score (nSPS) is 20.7. The molecule has 1 aliphatic carbocycles. The van der Waals surface area contributed by atoms with E-state index in [9.17, 15) is 9.59 Å². The lowest BCUT2D eigenvalue weighted by Crippen LogP contribution is -2.54. The summed E-state index contributed by atoms with van der Waals surface area (Å²) < 4.78 is 0. The standard InChI is InChI=1S/C19H34N6O2.HI/c1-20-19(21-8-4-5-17(26)22-16-6-7-16)25-13-11-23(12-14-25)15-18(27)24-9-2-3-10-24;/h16H,2-15H2,1H3,(H,20,21)(H,22,26);1H. The molecule has 8 nitrogen and oxygen atoms in total. The number of amides is 2. The first-order valence-corrected chi connectivity index (χ1v) is 10.4. The summed E-state index contributed by atoms with van der Waals surface area (Å²) in [5.41, 5.74) is 0. The van der Waals surface area contributed by atoms with E-state index < -0.39 is 0 Å². The molecule has 0 spiro atoms. The Morgan fingerprint density at radius 1 is 1.00 bits per heavy atom. The van der Waals surface area contributed by atoms with Crippen LogP contribution in [0.25, 0.3) is 0 Å². The third kappa shape index (κ3) is 7.38. The molecular weight excluding hydrogens is 471 g/mol. The van der Waals surface area contributed by atoms with Crippen molar-refractivity contribution in [2.45, 2.75) is 44.6 Å². The number of hydrogen-bond acceptors (Lipinski definition) is 4. The maximum Gasteiger partial charge on any atom is 0.236 e. The van der Waals surface area contributed by atoms with Crippen LogP contribution in [-0.4, -0.2) is 97.9 Å². The zero-order valence-electron chi connectivity index (χ0n) is 17.0. The van der Waals surface area contributed by atoms with Crippen LogP contribution in [-0.2, 0) is 9.59 Å². The molecule has 3 aliphatic rings. The molecule has 9 heteroatoms. The first-order chi connectivity index (χ1) is 13.2. The quantitative estimate of drug-likeness (QED) is 0.227. The molecule has 0 radical (unpaired) electrons. The zero-order valence-corrected chi connectivity index (χ0v) is 19.3. The molecule has 1 saturated carbocycles. The van der Waals surface area contributed by atoms with Crippen molar-refractivity contribution in [2.75, 3.05) is 59.4 Å². The van der Waals surface area contributed by atoms with E-state index in [1.165, 1.54) is 0 Å². The zero-order chi connectivity index (χ0) is 19.1. The number of nitrogens with one attached hydrogen (secondary N) is 2. The lowest BCUT2D eigenvalue weighted by Gasteiger charge is -2.36. The summed E-state index contributed by atoms with van der Waals surface area (Å²) in [7, 11) is 1.80. The van der Waals surface area contributed by atoms with Crippen LogP contribution in [0.1, 0.15) is 38.5 Å². The maximum absolute atomic E-state index is 12.3. The number of likely N-dealkylation sites (tertiary alicyclic amines) is 1. The van der Waals surface area contributed by atoms with Gasteiger partial charge in [0.1, 0.15) is 0 Å². The third-order valence-electron chi connectivity index (χ3n) is 5.51. The maximum atomic E-state index is 12.3. The van der Waals surface area contributed by atoms with E-state index in [1.807, 2.05) is 4.90 Å². The SMILES string of the molecule is CN=C(NCCCC(=O)NC1CC1)N1CCN(CC(=O)N2CCCC2)CC1.I. The molecule has 28 heavy (non-hydrogen) atoms. The van der Waals surface area contributed by atoms with E-state index in [1.54, 1.807) is 7.05 Å². The van der Waals surface area contributed by atoms with Gasteiger partial charge >= 0.3 is 0 Å². The molecule has 0 aromatic rings.